The number of nitrogens with one attached hydrogen (secondary N) is 1. The fourth-order valence-electron chi connectivity index (χ4n) is 3.32. The molecule has 0 fully saturated rings. The van der Waals surface area contributed by atoms with Gasteiger partial charge in [-0.3, -0.25) is 14.5 Å². The lowest BCUT2D eigenvalue weighted by atomic mass is 9.87. The van der Waals surface area contributed by atoms with Gasteiger partial charge < -0.3 is 10.2 Å². The Kier molecular flexibility index (Phi) is 7.79. The van der Waals surface area contributed by atoms with Crippen LogP contribution in [0.2, 0.25) is 0 Å². The van der Waals surface area contributed by atoms with Gasteiger partial charge >= 0.3 is 0 Å². The Bertz CT molecular complexity index is 862. The fourth-order valence-corrected chi connectivity index (χ4v) is 3.32. The van der Waals surface area contributed by atoms with E-state index in [-0.39, 0.29) is 30.3 Å². The molecule has 5 heteroatoms. The van der Waals surface area contributed by atoms with Crippen molar-refractivity contribution in [3.05, 3.63) is 64.7 Å². The third-order valence-electron chi connectivity index (χ3n) is 5.23. The zero-order chi connectivity index (χ0) is 22.5. The first-order valence-corrected chi connectivity index (χ1v) is 10.4. The van der Waals surface area contributed by atoms with E-state index in [1.807, 2.05) is 44.0 Å². The number of carbonyl (C=O) groups is 2. The number of hydrogen-bond acceptors (Lipinski definition) is 3. The second-order valence-corrected chi connectivity index (χ2v) is 9.18. The Labute approximate surface area is 181 Å². The number of hydrogen-bond donors (Lipinski definition) is 1. The lowest BCUT2D eigenvalue weighted by Crippen LogP contribution is -2.40. The molecule has 0 aromatic heterocycles. The fraction of sp³-hybridized carbons (Fsp3) is 0.440. The lowest BCUT2D eigenvalue weighted by molar-refractivity contribution is -0.134. The molecule has 0 saturated heterocycles. The maximum atomic E-state index is 12.6. The molecule has 0 unspecified atom stereocenters. The van der Waals surface area contributed by atoms with Gasteiger partial charge in [-0.05, 0) is 48.6 Å². The highest BCUT2D eigenvalue weighted by molar-refractivity contribution is 5.95. The summed E-state index contributed by atoms with van der Waals surface area (Å²) in [7, 11) is 3.58. The summed E-state index contributed by atoms with van der Waals surface area (Å²) >= 11 is 0. The molecule has 0 heterocycles. The molecule has 30 heavy (non-hydrogen) atoms. The van der Waals surface area contributed by atoms with Crippen molar-refractivity contribution < 1.29 is 9.59 Å². The van der Waals surface area contributed by atoms with E-state index in [1.165, 1.54) is 10.5 Å². The van der Waals surface area contributed by atoms with E-state index in [0.717, 1.165) is 22.4 Å². The van der Waals surface area contributed by atoms with Crippen molar-refractivity contribution >= 4 is 17.5 Å². The summed E-state index contributed by atoms with van der Waals surface area (Å²) in [6.45, 7) is 11.5. The molecule has 1 N–H and O–H groups in total. The summed E-state index contributed by atoms with van der Waals surface area (Å²) < 4.78 is 0. The van der Waals surface area contributed by atoms with Gasteiger partial charge in [0.2, 0.25) is 11.8 Å². The number of anilines is 1. The third kappa shape index (κ3) is 6.70. The van der Waals surface area contributed by atoms with Crippen molar-refractivity contribution in [1.82, 2.24) is 9.80 Å². The van der Waals surface area contributed by atoms with Gasteiger partial charge in [-0.2, -0.15) is 0 Å². The van der Waals surface area contributed by atoms with E-state index in [1.54, 1.807) is 7.05 Å². The quantitative estimate of drug-likeness (QED) is 0.748. The van der Waals surface area contributed by atoms with Crippen molar-refractivity contribution in [2.75, 3.05) is 32.5 Å². The van der Waals surface area contributed by atoms with Crippen LogP contribution in [-0.2, 0) is 21.5 Å². The highest BCUT2D eigenvalue weighted by atomic mass is 16.2. The first-order chi connectivity index (χ1) is 14.0. The number of aryl methyl sites for hydroxylation is 2. The van der Waals surface area contributed by atoms with Gasteiger partial charge in [-0.25, -0.2) is 0 Å². The van der Waals surface area contributed by atoms with Gasteiger partial charge in [-0.1, -0.05) is 63.2 Å². The van der Waals surface area contributed by atoms with Crippen molar-refractivity contribution in [1.29, 1.82) is 0 Å². The van der Waals surface area contributed by atoms with Gasteiger partial charge in [0.25, 0.3) is 0 Å². The first-order valence-electron chi connectivity index (χ1n) is 10.4. The molecule has 2 amide bonds. The number of rotatable bonds is 7. The van der Waals surface area contributed by atoms with Gasteiger partial charge in [0.05, 0.1) is 13.1 Å². The zero-order valence-electron chi connectivity index (χ0n) is 19.4. The average molecular weight is 410 g/mol. The molecule has 0 saturated carbocycles. The van der Waals surface area contributed by atoms with E-state index >= 15 is 0 Å². The zero-order valence-corrected chi connectivity index (χ0v) is 19.4. The van der Waals surface area contributed by atoms with Crippen LogP contribution < -0.4 is 5.32 Å². The molecule has 2 rings (SSSR count). The van der Waals surface area contributed by atoms with Crippen LogP contribution >= 0.6 is 0 Å². The maximum Gasteiger partial charge on any atom is 0.243 e. The summed E-state index contributed by atoms with van der Waals surface area (Å²) in [5, 5.41) is 2.93. The standard InChI is InChI=1S/C25H35N3O2/c1-18-9-8-10-19(2)24(18)26-22(29)16-28(7)23(30)17-27(6)15-20-11-13-21(14-12-20)25(3,4)5/h8-14H,15-17H2,1-7H3,(H,26,29). The molecule has 0 aliphatic heterocycles. The molecule has 5 nitrogen and oxygen atoms in total. The smallest absolute Gasteiger partial charge is 0.243 e. The van der Waals surface area contributed by atoms with Crippen LogP contribution in [-0.4, -0.2) is 48.8 Å². The van der Waals surface area contributed by atoms with Crippen LogP contribution in [0.4, 0.5) is 5.69 Å². The Morgan fingerprint density at radius 2 is 1.47 bits per heavy atom. The second-order valence-electron chi connectivity index (χ2n) is 9.18. The van der Waals surface area contributed by atoms with E-state index < -0.39 is 0 Å². The summed E-state index contributed by atoms with van der Waals surface area (Å²) in [5.74, 6) is -0.274. The number of likely N-dealkylation sites (N-methyl/N-ethyl adjacent to an activating group) is 2. The molecular formula is C25H35N3O2. The predicted octanol–water partition coefficient (Wildman–Crippen LogP) is 4.13. The normalized spacial score (nSPS) is 11.5. The topological polar surface area (TPSA) is 52.7 Å². The molecule has 2 aromatic rings. The Morgan fingerprint density at radius 1 is 0.900 bits per heavy atom. The largest absolute Gasteiger partial charge is 0.335 e. The van der Waals surface area contributed by atoms with E-state index in [0.29, 0.717) is 6.54 Å². The molecule has 0 aliphatic carbocycles. The third-order valence-corrected chi connectivity index (χ3v) is 5.23. The number of amides is 2. The number of carbonyl (C=O) groups excluding carboxylic acids is 2. The molecule has 0 bridgehead atoms. The molecule has 0 aliphatic rings. The van der Waals surface area contributed by atoms with Crippen molar-refractivity contribution in [2.45, 2.75) is 46.6 Å². The summed E-state index contributed by atoms with van der Waals surface area (Å²) in [6, 6.07) is 14.4. The van der Waals surface area contributed by atoms with E-state index in [4.69, 9.17) is 0 Å². The van der Waals surface area contributed by atoms with Crippen LogP contribution in [0, 0.1) is 13.8 Å². The molecule has 0 radical (unpaired) electrons. The number of nitrogens with zero attached hydrogens (tertiary/aromatic N) is 2. The van der Waals surface area contributed by atoms with Crippen LogP contribution in [0.15, 0.2) is 42.5 Å². The molecule has 0 spiro atoms. The molecule has 162 valence electrons. The summed E-state index contributed by atoms with van der Waals surface area (Å²) in [6.07, 6.45) is 0. The predicted molar refractivity (Wildman–Crippen MR) is 124 cm³/mol. The Hall–Kier alpha value is -2.66. The number of benzene rings is 2. The number of para-hydroxylation sites is 1. The summed E-state index contributed by atoms with van der Waals surface area (Å²) in [5.41, 5.74) is 5.41. The van der Waals surface area contributed by atoms with Crippen LogP contribution in [0.25, 0.3) is 0 Å². The minimum absolute atomic E-state index is 0.0285. The maximum absolute atomic E-state index is 12.6. The van der Waals surface area contributed by atoms with Gasteiger partial charge in [0, 0.05) is 19.3 Å². The molecule has 2 aromatic carbocycles. The lowest BCUT2D eigenvalue weighted by Gasteiger charge is -2.23. The SMILES string of the molecule is Cc1cccc(C)c1NC(=O)CN(C)C(=O)CN(C)Cc1ccc(C(C)(C)C)cc1. The summed E-state index contributed by atoms with van der Waals surface area (Å²) in [4.78, 5) is 28.4. The molecule has 0 atom stereocenters. The van der Waals surface area contributed by atoms with Gasteiger partial charge in [0.15, 0.2) is 0 Å². The minimum atomic E-state index is -0.191. The van der Waals surface area contributed by atoms with Crippen LogP contribution in [0.3, 0.4) is 0 Å². The van der Waals surface area contributed by atoms with Gasteiger partial charge in [-0.15, -0.1) is 0 Å². The Morgan fingerprint density at radius 3 is 2.00 bits per heavy atom. The first kappa shape index (κ1) is 23.6. The van der Waals surface area contributed by atoms with Crippen molar-refractivity contribution in [3.8, 4) is 0 Å². The van der Waals surface area contributed by atoms with E-state index in [2.05, 4.69) is 50.4 Å². The Balaban J connectivity index is 1.86. The molecular weight excluding hydrogens is 374 g/mol. The van der Waals surface area contributed by atoms with Crippen molar-refractivity contribution in [2.24, 2.45) is 0 Å². The average Bonchev–Trinajstić information content (AvgIpc) is 2.64. The van der Waals surface area contributed by atoms with Crippen molar-refractivity contribution in [3.63, 3.8) is 0 Å². The monoisotopic (exact) mass is 409 g/mol. The van der Waals surface area contributed by atoms with Crippen LogP contribution in [0.5, 0.6) is 0 Å². The second kappa shape index (κ2) is 9.90. The highest BCUT2D eigenvalue weighted by Crippen LogP contribution is 2.22. The van der Waals surface area contributed by atoms with Gasteiger partial charge in [0.1, 0.15) is 0 Å². The minimum Gasteiger partial charge on any atom is -0.335 e. The van der Waals surface area contributed by atoms with Crippen LogP contribution in [0.1, 0.15) is 43.0 Å². The highest BCUT2D eigenvalue weighted by Gasteiger charge is 2.17. The van der Waals surface area contributed by atoms with E-state index in [9.17, 15) is 9.59 Å².